The Balaban J connectivity index is 0.00000280. The van der Waals surface area contributed by atoms with Gasteiger partial charge in [-0.25, -0.2) is 0 Å². The van der Waals surface area contributed by atoms with Crippen molar-refractivity contribution in [2.75, 3.05) is 39.0 Å². The lowest BCUT2D eigenvalue weighted by atomic mass is 9.87. The first-order valence-electron chi connectivity index (χ1n) is 10.1. The summed E-state index contributed by atoms with van der Waals surface area (Å²) in [6.45, 7) is 5.44. The molecule has 2 aliphatic rings. The molecule has 1 aromatic rings. The van der Waals surface area contributed by atoms with Crippen LogP contribution in [0.5, 0.6) is 0 Å². The molecule has 0 atom stereocenters. The van der Waals surface area contributed by atoms with Crippen LogP contribution in [0.2, 0.25) is 0 Å². The number of hydrogen-bond donors (Lipinski definition) is 2. The number of carbonyl (C=O) groups is 1. The number of aliphatic imine (C=N–C) groups is 1. The van der Waals surface area contributed by atoms with Crippen molar-refractivity contribution < 1.29 is 9.21 Å². The summed E-state index contributed by atoms with van der Waals surface area (Å²) < 4.78 is 5.65. The fourth-order valence-electron chi connectivity index (χ4n) is 4.03. The number of halogens is 1. The maximum atomic E-state index is 12.0. The number of thioether (sulfide) groups is 1. The van der Waals surface area contributed by atoms with E-state index in [4.69, 9.17) is 4.42 Å². The van der Waals surface area contributed by atoms with Crippen molar-refractivity contribution in [1.29, 1.82) is 0 Å². The van der Waals surface area contributed by atoms with Gasteiger partial charge in [-0.1, -0.05) is 19.3 Å². The van der Waals surface area contributed by atoms with Gasteiger partial charge in [0.05, 0.1) is 6.26 Å². The van der Waals surface area contributed by atoms with Gasteiger partial charge in [0.2, 0.25) is 0 Å². The molecule has 2 heterocycles. The summed E-state index contributed by atoms with van der Waals surface area (Å²) >= 11 is 2.17. The quantitative estimate of drug-likeness (QED) is 0.269. The zero-order valence-corrected chi connectivity index (χ0v) is 20.1. The first-order valence-corrected chi connectivity index (χ1v) is 11.0. The molecule has 1 spiro atoms. The standard InChI is InChI=1S/C20H32N4O2S.HI/c1-16-7-13-26-17(16)18(25)22-10-6-11-23-19(21-2)24-12-14-27-20(15-24)8-4-3-5-9-20;/h7,13H,3-6,8-12,14-15H2,1-2H3,(H,21,23)(H,22,25);1H. The number of aryl methyl sites for hydroxylation is 1. The van der Waals surface area contributed by atoms with Crippen LogP contribution in [0.25, 0.3) is 0 Å². The van der Waals surface area contributed by atoms with Crippen LogP contribution in [0.4, 0.5) is 0 Å². The number of rotatable bonds is 5. The number of hydrogen-bond acceptors (Lipinski definition) is 4. The maximum Gasteiger partial charge on any atom is 0.287 e. The average Bonchev–Trinajstić information content (AvgIpc) is 3.11. The van der Waals surface area contributed by atoms with Gasteiger partial charge in [-0.05, 0) is 32.3 Å². The monoisotopic (exact) mass is 520 g/mol. The molecule has 6 nitrogen and oxygen atoms in total. The van der Waals surface area contributed by atoms with Crippen LogP contribution in [-0.4, -0.2) is 60.5 Å². The molecular formula is C20H33IN4O2S. The minimum absolute atomic E-state index is 0. The van der Waals surface area contributed by atoms with Gasteiger partial charge in [-0.15, -0.1) is 24.0 Å². The molecule has 1 aliphatic heterocycles. The smallest absolute Gasteiger partial charge is 0.287 e. The van der Waals surface area contributed by atoms with Gasteiger partial charge >= 0.3 is 0 Å². The topological polar surface area (TPSA) is 69.9 Å². The van der Waals surface area contributed by atoms with Gasteiger partial charge in [-0.3, -0.25) is 9.79 Å². The van der Waals surface area contributed by atoms with E-state index in [0.717, 1.165) is 37.6 Å². The third kappa shape index (κ3) is 6.05. The van der Waals surface area contributed by atoms with Crippen LogP contribution in [-0.2, 0) is 0 Å². The van der Waals surface area contributed by atoms with Crippen LogP contribution >= 0.6 is 35.7 Å². The number of nitrogens with zero attached hydrogens (tertiary/aromatic N) is 2. The lowest BCUT2D eigenvalue weighted by Crippen LogP contribution is -2.53. The van der Waals surface area contributed by atoms with Gasteiger partial charge < -0.3 is 20.0 Å². The molecule has 0 bridgehead atoms. The Labute approximate surface area is 189 Å². The van der Waals surface area contributed by atoms with Crippen molar-refractivity contribution in [3.63, 3.8) is 0 Å². The van der Waals surface area contributed by atoms with Gasteiger partial charge in [0.15, 0.2) is 11.7 Å². The molecule has 1 saturated carbocycles. The highest BCUT2D eigenvalue weighted by Gasteiger charge is 2.38. The second-order valence-corrected chi connectivity index (χ2v) is 9.09. The number of guanidine groups is 1. The Kier molecular flexibility index (Phi) is 9.46. The molecule has 2 fully saturated rings. The SMILES string of the molecule is CN=C(NCCCNC(=O)c1occc1C)N1CCSC2(CCCCC2)C1.I. The van der Waals surface area contributed by atoms with Crippen LogP contribution in [0, 0.1) is 6.92 Å². The summed E-state index contributed by atoms with van der Waals surface area (Å²) in [7, 11) is 1.86. The van der Waals surface area contributed by atoms with Gasteiger partial charge in [0.25, 0.3) is 5.91 Å². The lowest BCUT2D eigenvalue weighted by molar-refractivity contribution is 0.0925. The van der Waals surface area contributed by atoms with Gasteiger partial charge in [-0.2, -0.15) is 11.8 Å². The maximum absolute atomic E-state index is 12.0. The van der Waals surface area contributed by atoms with Crippen molar-refractivity contribution in [1.82, 2.24) is 15.5 Å². The number of nitrogens with one attached hydrogen (secondary N) is 2. The van der Waals surface area contributed by atoms with E-state index in [1.807, 2.05) is 14.0 Å². The highest BCUT2D eigenvalue weighted by Crippen LogP contribution is 2.42. The number of amides is 1. The molecule has 0 aromatic carbocycles. The minimum atomic E-state index is -0.144. The molecule has 0 unspecified atom stereocenters. The number of carbonyl (C=O) groups excluding carboxylic acids is 1. The van der Waals surface area contributed by atoms with E-state index in [9.17, 15) is 4.79 Å². The molecule has 8 heteroatoms. The summed E-state index contributed by atoms with van der Waals surface area (Å²) in [6.07, 6.45) is 9.18. The van der Waals surface area contributed by atoms with Crippen LogP contribution in [0.1, 0.15) is 54.6 Å². The van der Waals surface area contributed by atoms with Crippen molar-refractivity contribution in [2.45, 2.75) is 50.2 Å². The van der Waals surface area contributed by atoms with E-state index in [-0.39, 0.29) is 29.9 Å². The Hall–Kier alpha value is -0.900. The molecule has 3 rings (SSSR count). The van der Waals surface area contributed by atoms with Gasteiger partial charge in [0.1, 0.15) is 0 Å². The molecule has 0 radical (unpaired) electrons. The zero-order chi connectivity index (χ0) is 19.1. The summed E-state index contributed by atoms with van der Waals surface area (Å²) in [5, 5.41) is 6.39. The molecule has 1 aromatic heterocycles. The van der Waals surface area contributed by atoms with E-state index < -0.39 is 0 Å². The predicted molar refractivity (Wildman–Crippen MR) is 127 cm³/mol. The van der Waals surface area contributed by atoms with E-state index in [0.29, 0.717) is 17.1 Å². The van der Waals surface area contributed by atoms with Crippen LogP contribution < -0.4 is 10.6 Å². The Morgan fingerprint density at radius 1 is 1.29 bits per heavy atom. The van der Waals surface area contributed by atoms with E-state index in [2.05, 4.69) is 32.3 Å². The molecule has 2 N–H and O–H groups in total. The molecule has 158 valence electrons. The minimum Gasteiger partial charge on any atom is -0.459 e. The summed E-state index contributed by atoms with van der Waals surface area (Å²) in [5.41, 5.74) is 0.866. The highest BCUT2D eigenvalue weighted by molar-refractivity contribution is 14.0. The second kappa shape index (κ2) is 11.3. The fraction of sp³-hybridized carbons (Fsp3) is 0.700. The molecule has 28 heavy (non-hydrogen) atoms. The van der Waals surface area contributed by atoms with Crippen molar-refractivity contribution in [2.24, 2.45) is 4.99 Å². The van der Waals surface area contributed by atoms with Crippen molar-refractivity contribution >= 4 is 47.6 Å². The largest absolute Gasteiger partial charge is 0.459 e. The predicted octanol–water partition coefficient (Wildman–Crippen LogP) is 3.65. The first-order chi connectivity index (χ1) is 13.1. The summed E-state index contributed by atoms with van der Waals surface area (Å²) in [5.74, 6) is 2.43. The van der Waals surface area contributed by atoms with E-state index >= 15 is 0 Å². The van der Waals surface area contributed by atoms with Gasteiger partial charge in [0, 0.05) is 49.3 Å². The third-order valence-electron chi connectivity index (χ3n) is 5.52. The zero-order valence-electron chi connectivity index (χ0n) is 17.0. The molecule has 1 amide bonds. The summed E-state index contributed by atoms with van der Waals surface area (Å²) in [6, 6.07) is 1.80. The molecule has 1 saturated heterocycles. The lowest BCUT2D eigenvalue weighted by Gasteiger charge is -2.45. The normalized spacial score (nSPS) is 19.2. The summed E-state index contributed by atoms with van der Waals surface area (Å²) in [4.78, 5) is 19.0. The molecule has 1 aliphatic carbocycles. The average molecular weight is 520 g/mol. The van der Waals surface area contributed by atoms with Crippen molar-refractivity contribution in [3.8, 4) is 0 Å². The van der Waals surface area contributed by atoms with Crippen LogP contribution in [0.3, 0.4) is 0 Å². The second-order valence-electron chi connectivity index (χ2n) is 7.53. The van der Waals surface area contributed by atoms with E-state index in [1.54, 1.807) is 12.3 Å². The Bertz CT molecular complexity index is 653. The Morgan fingerprint density at radius 3 is 2.71 bits per heavy atom. The number of furan rings is 1. The molecular weight excluding hydrogens is 487 g/mol. The van der Waals surface area contributed by atoms with Crippen LogP contribution in [0.15, 0.2) is 21.7 Å². The third-order valence-corrected chi connectivity index (χ3v) is 7.05. The highest BCUT2D eigenvalue weighted by atomic mass is 127. The first kappa shape index (κ1) is 23.4. The fourth-order valence-corrected chi connectivity index (χ4v) is 5.60. The Morgan fingerprint density at radius 2 is 2.04 bits per heavy atom. The van der Waals surface area contributed by atoms with E-state index in [1.165, 1.54) is 37.9 Å². The van der Waals surface area contributed by atoms with Crippen molar-refractivity contribution in [3.05, 3.63) is 23.7 Å².